The van der Waals surface area contributed by atoms with Gasteiger partial charge in [0, 0.05) is 16.8 Å². The third-order valence-electron chi connectivity index (χ3n) is 0.886. The molecule has 0 aromatic carbocycles. The Balaban J connectivity index is 0. The minimum Gasteiger partial charge on any atom is -0.261 e. The van der Waals surface area contributed by atoms with Crippen LogP contribution >= 0.6 is 10.0 Å². The molecule has 7 heavy (non-hydrogen) atoms. The van der Waals surface area contributed by atoms with E-state index in [0.717, 1.165) is 0 Å². The second-order valence-electron chi connectivity index (χ2n) is 1.41. The van der Waals surface area contributed by atoms with Gasteiger partial charge in [0.05, 0.1) is 0 Å². The van der Waals surface area contributed by atoms with Gasteiger partial charge in [0.25, 0.3) is 0 Å². The van der Waals surface area contributed by atoms with Crippen molar-refractivity contribution in [3.8, 4) is 0 Å². The monoisotopic (exact) mass is 179 g/mol. The Kier molecular flexibility index (Phi) is 11.7. The van der Waals surface area contributed by atoms with Crippen molar-refractivity contribution in [2.45, 2.75) is 24.4 Å². The first-order valence-electron chi connectivity index (χ1n) is 2.45. The minimum atomic E-state index is -0.688. The Labute approximate surface area is 64.4 Å². The molecule has 0 spiro atoms. The molecule has 0 aliphatic rings. The third-order valence-corrected chi connectivity index (χ3v) is 4.51. The van der Waals surface area contributed by atoms with Crippen molar-refractivity contribution >= 4 is 23.3 Å². The number of hydrogen-bond donors (Lipinski definition) is 0. The van der Waals surface area contributed by atoms with Gasteiger partial charge in [0.2, 0.25) is 0 Å². The van der Waals surface area contributed by atoms with Gasteiger partial charge in [-0.3, -0.25) is 10.0 Å². The largest absolute Gasteiger partial charge is 0.399 e. The SMILES string of the molecule is C[CH2][Al]([Cl])[CH2]C.[Co]. The Morgan fingerprint density at radius 1 is 1.29 bits per heavy atom. The van der Waals surface area contributed by atoms with Gasteiger partial charge in [-0.15, -0.1) is 0 Å². The van der Waals surface area contributed by atoms with Crippen molar-refractivity contribution in [1.29, 1.82) is 0 Å². The van der Waals surface area contributed by atoms with Gasteiger partial charge in [-0.1, -0.05) is 24.4 Å². The summed E-state index contributed by atoms with van der Waals surface area (Å²) >= 11 is -0.688. The topological polar surface area (TPSA) is 0 Å². The second kappa shape index (κ2) is 7.33. The zero-order chi connectivity index (χ0) is 4.99. The quantitative estimate of drug-likeness (QED) is 0.571. The average Bonchev–Trinajstić information content (AvgIpc) is 1.65. The fraction of sp³-hybridized carbons (Fsp3) is 1.00. The molecular formula is C4H10AlClCo. The van der Waals surface area contributed by atoms with Crippen molar-refractivity contribution in [1.82, 2.24) is 0 Å². The van der Waals surface area contributed by atoms with E-state index in [0.29, 0.717) is 0 Å². The molecule has 0 atom stereocenters. The molecule has 0 aliphatic carbocycles. The Morgan fingerprint density at radius 3 is 1.57 bits per heavy atom. The summed E-state index contributed by atoms with van der Waals surface area (Å²) in [5.74, 6) is 0. The fourth-order valence-corrected chi connectivity index (χ4v) is 0.866. The molecule has 0 saturated heterocycles. The van der Waals surface area contributed by atoms with E-state index in [1.54, 1.807) is 0 Å². The molecule has 3 heteroatoms. The molecule has 0 aromatic rings. The van der Waals surface area contributed by atoms with Gasteiger partial charge in [-0.2, -0.15) is 0 Å². The van der Waals surface area contributed by atoms with E-state index in [-0.39, 0.29) is 16.8 Å². The summed E-state index contributed by atoms with van der Waals surface area (Å²) in [7, 11) is 5.79. The molecule has 0 unspecified atom stereocenters. The van der Waals surface area contributed by atoms with Crippen molar-refractivity contribution < 1.29 is 16.8 Å². The first kappa shape index (κ1) is 11.2. The van der Waals surface area contributed by atoms with Gasteiger partial charge in [0.1, 0.15) is 0 Å². The number of hydrogen-bond acceptors (Lipinski definition) is 0. The van der Waals surface area contributed by atoms with E-state index in [9.17, 15) is 0 Å². The molecule has 0 N–H and O–H groups in total. The van der Waals surface area contributed by atoms with Crippen LogP contribution in [0.3, 0.4) is 0 Å². The average molecular weight is 179 g/mol. The van der Waals surface area contributed by atoms with E-state index in [4.69, 9.17) is 10.0 Å². The van der Waals surface area contributed by atoms with Crippen LogP contribution in [0.4, 0.5) is 0 Å². The smallest absolute Gasteiger partial charge is 0.261 e. The predicted molar refractivity (Wildman–Crippen MR) is 32.6 cm³/mol. The third kappa shape index (κ3) is 7.33. The Bertz CT molecular complexity index is 30.9. The van der Waals surface area contributed by atoms with Crippen molar-refractivity contribution in [2.75, 3.05) is 0 Å². The maximum Gasteiger partial charge on any atom is 0.399 e. The van der Waals surface area contributed by atoms with Crippen LogP contribution in [0, 0.1) is 0 Å². The standard InChI is InChI=1S/2C2H5.Al.ClH.Co/c2*1-2;;;/h2*1H2,2H3;;1H;/q;;+1;;/p-1. The summed E-state index contributed by atoms with van der Waals surface area (Å²) in [4.78, 5) is 0. The van der Waals surface area contributed by atoms with Crippen LogP contribution in [0.15, 0.2) is 0 Å². The van der Waals surface area contributed by atoms with Crippen LogP contribution in [0.1, 0.15) is 13.8 Å². The Hall–Kier alpha value is 1.33. The normalized spacial score (nSPS) is 7.29. The van der Waals surface area contributed by atoms with Gasteiger partial charge < -0.3 is 0 Å². The molecule has 0 bridgehead atoms. The molecule has 0 fully saturated rings. The molecule has 1 radical (unpaired) electrons. The van der Waals surface area contributed by atoms with Gasteiger partial charge in [-0.05, 0) is 0 Å². The number of rotatable bonds is 2. The first-order chi connectivity index (χ1) is 2.81. The molecular weight excluding hydrogens is 169 g/mol. The van der Waals surface area contributed by atoms with Crippen molar-refractivity contribution in [3.63, 3.8) is 0 Å². The van der Waals surface area contributed by atoms with Crippen LogP contribution in [0.5, 0.6) is 0 Å². The molecule has 0 aliphatic heterocycles. The van der Waals surface area contributed by atoms with E-state index < -0.39 is 13.2 Å². The maximum absolute atomic E-state index is 5.79. The zero-order valence-corrected chi connectivity index (χ0v) is 7.65. The summed E-state index contributed by atoms with van der Waals surface area (Å²) in [6.45, 7) is 4.32. The molecule has 0 saturated carbocycles. The fourth-order valence-electron chi connectivity index (χ4n) is 0.289. The Morgan fingerprint density at radius 2 is 1.57 bits per heavy atom. The number of halogens is 1. The van der Waals surface area contributed by atoms with E-state index in [1.807, 2.05) is 0 Å². The van der Waals surface area contributed by atoms with Crippen LogP contribution in [-0.2, 0) is 16.8 Å². The first-order valence-corrected chi connectivity index (χ1v) is 5.83. The van der Waals surface area contributed by atoms with E-state index in [2.05, 4.69) is 13.8 Å². The zero-order valence-electron chi connectivity index (χ0n) is 4.70. The van der Waals surface area contributed by atoms with Crippen LogP contribution in [0.2, 0.25) is 10.6 Å². The second-order valence-corrected chi connectivity index (χ2v) is 6.09. The summed E-state index contributed by atoms with van der Waals surface area (Å²) < 4.78 is 0. The van der Waals surface area contributed by atoms with Crippen LogP contribution in [-0.4, -0.2) is 13.2 Å². The molecule has 0 heterocycles. The summed E-state index contributed by atoms with van der Waals surface area (Å²) in [5.41, 5.74) is 0. The minimum absolute atomic E-state index is 0. The van der Waals surface area contributed by atoms with Crippen LogP contribution < -0.4 is 0 Å². The van der Waals surface area contributed by atoms with E-state index >= 15 is 0 Å². The van der Waals surface area contributed by atoms with Gasteiger partial charge in [-0.25, -0.2) is 0 Å². The van der Waals surface area contributed by atoms with Crippen molar-refractivity contribution in [2.24, 2.45) is 0 Å². The predicted octanol–water partition coefficient (Wildman–Crippen LogP) is 2.25. The maximum atomic E-state index is 5.79. The molecule has 0 aromatic heterocycles. The molecule has 0 amide bonds. The summed E-state index contributed by atoms with van der Waals surface area (Å²) in [5, 5.41) is 2.47. The van der Waals surface area contributed by atoms with Gasteiger partial charge in [0.15, 0.2) is 0 Å². The summed E-state index contributed by atoms with van der Waals surface area (Å²) in [6, 6.07) is 0. The van der Waals surface area contributed by atoms with E-state index in [1.165, 1.54) is 10.6 Å². The summed E-state index contributed by atoms with van der Waals surface area (Å²) in [6.07, 6.45) is 0. The van der Waals surface area contributed by atoms with Gasteiger partial charge >= 0.3 is 13.2 Å². The molecule has 0 nitrogen and oxygen atoms in total. The molecule has 45 valence electrons. The van der Waals surface area contributed by atoms with Crippen molar-refractivity contribution in [3.05, 3.63) is 0 Å². The molecule has 0 rings (SSSR count). The van der Waals surface area contributed by atoms with Crippen LogP contribution in [0.25, 0.3) is 0 Å².